The fourth-order valence-electron chi connectivity index (χ4n) is 5.11. The van der Waals surface area contributed by atoms with E-state index in [1.54, 1.807) is 24.1 Å². The van der Waals surface area contributed by atoms with Crippen molar-refractivity contribution >= 4 is 63.0 Å². The van der Waals surface area contributed by atoms with Crippen LogP contribution in [0.5, 0.6) is 5.75 Å². The van der Waals surface area contributed by atoms with Gasteiger partial charge in [0.1, 0.15) is 5.75 Å². The number of aromatic hydroxyl groups is 1. The van der Waals surface area contributed by atoms with Gasteiger partial charge in [-0.1, -0.05) is 24.3 Å². The molecular formula is C34H35BrN6O7. The maximum atomic E-state index is 13.1. The lowest BCUT2D eigenvalue weighted by atomic mass is 10.0. The monoisotopic (exact) mass is 718 g/mol. The summed E-state index contributed by atoms with van der Waals surface area (Å²) in [5, 5.41) is 14.6. The zero-order valence-electron chi connectivity index (χ0n) is 26.4. The Hall–Kier alpha value is -4.89. The van der Waals surface area contributed by atoms with Crippen LogP contribution in [0.4, 0.5) is 10.5 Å². The molecule has 2 heterocycles. The second kappa shape index (κ2) is 18.4. The quantitative estimate of drug-likeness (QED) is 0.199. The van der Waals surface area contributed by atoms with Gasteiger partial charge in [0.15, 0.2) is 6.10 Å². The van der Waals surface area contributed by atoms with Crippen LogP contribution in [-0.2, 0) is 36.8 Å². The number of nitrogens with zero attached hydrogens (tertiary/aromatic N) is 5. The highest BCUT2D eigenvalue weighted by molar-refractivity contribution is 9.10. The zero-order valence-corrected chi connectivity index (χ0v) is 27.9. The summed E-state index contributed by atoms with van der Waals surface area (Å²) in [5.74, 6) is 5.26. The average molecular weight is 720 g/mol. The lowest BCUT2D eigenvalue weighted by Crippen LogP contribution is -2.49. The first-order chi connectivity index (χ1) is 23.2. The normalized spacial score (nSPS) is 15.1. The molecule has 2 aromatic rings. The highest BCUT2D eigenvalue weighted by atomic mass is 79.9. The summed E-state index contributed by atoms with van der Waals surface area (Å²) >= 11 is 3.30. The number of carbonyl (C=O) groups excluding carboxylic acids is 4. The summed E-state index contributed by atoms with van der Waals surface area (Å²) in [7, 11) is 0. The van der Waals surface area contributed by atoms with Crippen molar-refractivity contribution in [3.63, 3.8) is 0 Å². The van der Waals surface area contributed by atoms with Crippen molar-refractivity contribution in [2.75, 3.05) is 31.6 Å². The van der Waals surface area contributed by atoms with Crippen molar-refractivity contribution in [1.82, 2.24) is 9.96 Å². The molecule has 1 atom stereocenters. The van der Waals surface area contributed by atoms with Crippen LogP contribution in [0.2, 0.25) is 0 Å². The third kappa shape index (κ3) is 11.1. The van der Waals surface area contributed by atoms with Gasteiger partial charge in [-0.3, -0.25) is 19.2 Å². The molecule has 0 spiro atoms. The Morgan fingerprint density at radius 2 is 1.88 bits per heavy atom. The number of anilines is 1. The second-order valence-electron chi connectivity index (χ2n) is 10.8. The molecule has 0 aromatic heterocycles. The van der Waals surface area contributed by atoms with E-state index in [1.807, 2.05) is 29.2 Å². The van der Waals surface area contributed by atoms with E-state index in [9.17, 15) is 24.3 Å². The number of piperidine rings is 1. The van der Waals surface area contributed by atoms with Gasteiger partial charge in [-0.2, -0.15) is 20.0 Å². The standard InChI is InChI=1S/C34H35BrN6O7/c1-2-47-32(44)11-10-31(43)37-18-17-36-15-5-16-38-33(45)30(23-24-8-9-29(42)27(35)22-24)48-40-19-13-26(14-20-40)41-21-12-25-6-3-4-7-28(25)39-34(41)46/h3-4,6-9,15,22,26,30,42H,2,10-14,19-21,23H2,1H3,(H,39,46)/t30-/m1/s1. The van der Waals surface area contributed by atoms with E-state index in [0.29, 0.717) is 36.9 Å². The van der Waals surface area contributed by atoms with Gasteiger partial charge >= 0.3 is 12.0 Å². The Kier molecular flexibility index (Phi) is 13.8. The van der Waals surface area contributed by atoms with Crippen molar-refractivity contribution in [2.24, 2.45) is 15.0 Å². The van der Waals surface area contributed by atoms with Crippen molar-refractivity contribution in [3.8, 4) is 5.75 Å². The number of nitrogens with one attached hydrogen (secondary N) is 1. The van der Waals surface area contributed by atoms with Crippen molar-refractivity contribution < 1.29 is 33.9 Å². The summed E-state index contributed by atoms with van der Waals surface area (Å²) < 4.78 is 5.22. The third-order valence-electron chi connectivity index (χ3n) is 7.49. The molecular weight excluding hydrogens is 684 g/mol. The molecule has 2 aromatic carbocycles. The van der Waals surface area contributed by atoms with E-state index in [4.69, 9.17) is 9.57 Å². The van der Waals surface area contributed by atoms with Crippen molar-refractivity contribution in [1.29, 1.82) is 0 Å². The zero-order chi connectivity index (χ0) is 34.3. The number of phenols is 1. The summed E-state index contributed by atoms with van der Waals surface area (Å²) in [6, 6.07) is 12.6. The summed E-state index contributed by atoms with van der Waals surface area (Å²) in [6.45, 7) is 3.52. The van der Waals surface area contributed by atoms with E-state index < -0.39 is 23.9 Å². The molecule has 1 saturated heterocycles. The number of aliphatic imine (C=N–C) groups is 3. The highest BCUT2D eigenvalue weighted by Gasteiger charge is 2.32. The van der Waals surface area contributed by atoms with E-state index in [2.05, 4.69) is 59.6 Å². The number of para-hydroxylation sites is 1. The number of carbonyl (C=O) groups is 4. The molecule has 0 aliphatic carbocycles. The third-order valence-corrected chi connectivity index (χ3v) is 8.13. The number of hydrogen-bond acceptors (Lipinski definition) is 9. The van der Waals surface area contributed by atoms with Gasteiger partial charge in [0.2, 0.25) is 0 Å². The fourth-order valence-corrected chi connectivity index (χ4v) is 5.53. The first-order valence-electron chi connectivity index (χ1n) is 15.4. The Morgan fingerprint density at radius 1 is 1.08 bits per heavy atom. The number of hydrogen-bond donors (Lipinski definition) is 2. The van der Waals surface area contributed by atoms with Crippen molar-refractivity contribution in [2.45, 2.75) is 57.6 Å². The minimum atomic E-state index is -1.00. The van der Waals surface area contributed by atoms with Gasteiger partial charge in [0.25, 0.3) is 11.8 Å². The Bertz CT molecular complexity index is 1710. The molecule has 4 amide bonds. The average Bonchev–Trinajstić information content (AvgIpc) is 3.24. The number of urea groups is 1. The highest BCUT2D eigenvalue weighted by Crippen LogP contribution is 2.27. The van der Waals surface area contributed by atoms with E-state index in [0.717, 1.165) is 29.4 Å². The molecule has 250 valence electrons. The number of amides is 4. The number of esters is 1. The molecule has 0 bridgehead atoms. The first kappa shape index (κ1) is 36.0. The van der Waals surface area contributed by atoms with Gasteiger partial charge in [-0.25, -0.2) is 4.79 Å². The maximum absolute atomic E-state index is 13.1. The fraction of sp³-hybridized carbons (Fsp3) is 0.382. The van der Waals surface area contributed by atoms with Crippen LogP contribution in [0.3, 0.4) is 0 Å². The molecule has 1 fully saturated rings. The minimum Gasteiger partial charge on any atom is -0.507 e. The number of rotatable bonds is 11. The number of halogens is 1. The molecule has 14 heteroatoms. The van der Waals surface area contributed by atoms with Crippen LogP contribution in [0.25, 0.3) is 0 Å². The molecule has 13 nitrogen and oxygen atoms in total. The van der Waals surface area contributed by atoms with Crippen LogP contribution in [0.1, 0.15) is 43.7 Å². The maximum Gasteiger partial charge on any atom is 0.322 e. The topological polar surface area (TPSA) is 163 Å². The molecule has 48 heavy (non-hydrogen) atoms. The summed E-state index contributed by atoms with van der Waals surface area (Å²) in [5.41, 5.74) is 5.16. The van der Waals surface area contributed by atoms with Gasteiger partial charge < -0.3 is 20.1 Å². The first-order valence-corrected chi connectivity index (χ1v) is 16.2. The van der Waals surface area contributed by atoms with Crippen LogP contribution in [0.15, 0.2) is 73.8 Å². The molecule has 2 aliphatic rings. The van der Waals surface area contributed by atoms with E-state index >= 15 is 0 Å². The molecule has 0 radical (unpaired) electrons. The predicted octanol–water partition coefficient (Wildman–Crippen LogP) is 4.18. The van der Waals surface area contributed by atoms with Crippen LogP contribution < -0.4 is 5.32 Å². The largest absolute Gasteiger partial charge is 0.507 e. The van der Waals surface area contributed by atoms with Gasteiger partial charge in [0.05, 0.1) is 35.4 Å². The SMILES string of the molecule is CCOC(=O)CCC(=O)N=C=C=NC=C=C=NC(=O)[C@@H](Cc1ccc(O)c(Br)c1)ON1CCC(N2CCc3ccccc3NC2=O)CC1. The Balaban J connectivity index is 1.37. The molecule has 0 unspecified atom stereocenters. The number of ether oxygens (including phenoxy) is 1. The predicted molar refractivity (Wildman–Crippen MR) is 181 cm³/mol. The van der Waals surface area contributed by atoms with Gasteiger partial charge in [0, 0.05) is 50.1 Å². The lowest BCUT2D eigenvalue weighted by molar-refractivity contribution is -0.208. The van der Waals surface area contributed by atoms with Gasteiger partial charge in [-0.05, 0) is 77.2 Å². The molecule has 2 N–H and O–H groups in total. The number of hydroxylamine groups is 2. The van der Waals surface area contributed by atoms with Crippen molar-refractivity contribution in [3.05, 3.63) is 70.0 Å². The second-order valence-corrected chi connectivity index (χ2v) is 11.6. The molecule has 2 aliphatic heterocycles. The smallest absolute Gasteiger partial charge is 0.322 e. The van der Waals surface area contributed by atoms with E-state index in [-0.39, 0.29) is 43.7 Å². The lowest BCUT2D eigenvalue weighted by Gasteiger charge is -2.38. The minimum absolute atomic E-state index is 0.0230. The number of fused-ring (bicyclic) bond motifs is 1. The molecule has 0 saturated carbocycles. The summed E-state index contributed by atoms with van der Waals surface area (Å²) in [4.78, 5) is 68.0. The summed E-state index contributed by atoms with van der Waals surface area (Å²) in [6.07, 6.45) is 2.16. The van der Waals surface area contributed by atoms with Crippen LogP contribution in [-0.4, -0.2) is 94.9 Å². The number of phenolic OH excluding ortho intramolecular Hbond substituents is 1. The number of benzene rings is 2. The van der Waals surface area contributed by atoms with Gasteiger partial charge in [-0.15, -0.1) is 0 Å². The van der Waals surface area contributed by atoms with Crippen LogP contribution in [0, 0.1) is 0 Å². The van der Waals surface area contributed by atoms with Crippen LogP contribution >= 0.6 is 15.9 Å². The Labute approximate surface area is 286 Å². The Morgan fingerprint density at radius 3 is 2.65 bits per heavy atom. The van der Waals surface area contributed by atoms with E-state index in [1.165, 1.54) is 6.07 Å². The molecule has 4 rings (SSSR count).